The van der Waals surface area contributed by atoms with E-state index in [-0.39, 0.29) is 4.90 Å². The maximum Gasteiger partial charge on any atom is 0.268 e. The monoisotopic (exact) mass is 412 g/mol. The first-order chi connectivity index (χ1) is 14.1. The van der Waals surface area contributed by atoms with Crippen molar-refractivity contribution in [3.05, 3.63) is 48.8 Å². The minimum Gasteiger partial charge on any atom is -0.497 e. The van der Waals surface area contributed by atoms with Crippen LogP contribution in [-0.2, 0) is 10.0 Å². The number of benzene rings is 1. The molecule has 2 saturated heterocycles. The molecule has 2 aromatic heterocycles. The molecule has 0 aliphatic carbocycles. The zero-order valence-corrected chi connectivity index (χ0v) is 17.2. The first kappa shape index (κ1) is 18.4. The van der Waals surface area contributed by atoms with Gasteiger partial charge in [-0.3, -0.25) is 9.88 Å². The Kier molecular flexibility index (Phi) is 4.48. The van der Waals surface area contributed by atoms with E-state index in [4.69, 9.17) is 4.74 Å². The van der Waals surface area contributed by atoms with Gasteiger partial charge in [-0.15, -0.1) is 0 Å². The maximum atomic E-state index is 13.4. The second-order valence-electron chi connectivity index (χ2n) is 7.64. The molecule has 152 valence electrons. The highest BCUT2D eigenvalue weighted by Gasteiger charge is 2.33. The molecule has 29 heavy (non-hydrogen) atoms. The molecule has 0 N–H and O–H groups in total. The van der Waals surface area contributed by atoms with Crippen LogP contribution in [0.15, 0.2) is 53.7 Å². The Morgan fingerprint density at radius 2 is 2.03 bits per heavy atom. The molecule has 0 saturated carbocycles. The lowest BCUT2D eigenvalue weighted by Gasteiger charge is -2.38. The Morgan fingerprint density at radius 1 is 1.14 bits per heavy atom. The molecule has 1 atom stereocenters. The van der Waals surface area contributed by atoms with Gasteiger partial charge in [0.25, 0.3) is 10.0 Å². The molecule has 0 spiro atoms. The summed E-state index contributed by atoms with van der Waals surface area (Å²) in [4.78, 5) is 9.57. The van der Waals surface area contributed by atoms with Gasteiger partial charge >= 0.3 is 0 Å². The molecule has 2 aliphatic rings. The van der Waals surface area contributed by atoms with Gasteiger partial charge in [-0.2, -0.15) is 0 Å². The summed E-state index contributed by atoms with van der Waals surface area (Å²) in [6.07, 6.45) is 5.89. The van der Waals surface area contributed by atoms with Crippen LogP contribution in [0.25, 0.3) is 11.0 Å². The molecule has 2 aliphatic heterocycles. The number of fused-ring (bicyclic) bond motifs is 2. The summed E-state index contributed by atoms with van der Waals surface area (Å²) in [5.74, 6) is 0.512. The average molecular weight is 413 g/mol. The fourth-order valence-corrected chi connectivity index (χ4v) is 5.92. The third-order valence-corrected chi connectivity index (χ3v) is 7.70. The predicted octanol–water partition coefficient (Wildman–Crippen LogP) is 2.57. The van der Waals surface area contributed by atoms with Gasteiger partial charge in [-0.05, 0) is 43.7 Å². The molecule has 4 heterocycles. The van der Waals surface area contributed by atoms with Crippen LogP contribution in [0.1, 0.15) is 12.8 Å². The molecule has 2 fully saturated rings. The summed E-state index contributed by atoms with van der Waals surface area (Å²) in [7, 11) is -2.24. The summed E-state index contributed by atoms with van der Waals surface area (Å²) < 4.78 is 33.5. The van der Waals surface area contributed by atoms with Gasteiger partial charge in [0.15, 0.2) is 0 Å². The maximum absolute atomic E-state index is 13.4. The summed E-state index contributed by atoms with van der Waals surface area (Å²) >= 11 is 0. The van der Waals surface area contributed by atoms with E-state index in [0.717, 1.165) is 30.8 Å². The SMILES string of the molecule is COc1cccc(S(=O)(=O)n2cc(N3CCN4CCCC4C3)c3ncccc32)c1. The lowest BCUT2D eigenvalue weighted by Crippen LogP contribution is -2.50. The van der Waals surface area contributed by atoms with Gasteiger partial charge in [0.2, 0.25) is 0 Å². The van der Waals surface area contributed by atoms with Crippen LogP contribution >= 0.6 is 0 Å². The van der Waals surface area contributed by atoms with Gasteiger partial charge in [0, 0.05) is 44.1 Å². The van der Waals surface area contributed by atoms with E-state index in [1.165, 1.54) is 30.5 Å². The molecular weight excluding hydrogens is 388 g/mol. The van der Waals surface area contributed by atoms with E-state index in [1.54, 1.807) is 42.7 Å². The second kappa shape index (κ2) is 7.03. The Morgan fingerprint density at radius 3 is 2.90 bits per heavy atom. The van der Waals surface area contributed by atoms with Crippen molar-refractivity contribution in [2.24, 2.45) is 0 Å². The summed E-state index contributed by atoms with van der Waals surface area (Å²) in [6, 6.07) is 10.7. The van der Waals surface area contributed by atoms with Crippen molar-refractivity contribution >= 4 is 26.7 Å². The van der Waals surface area contributed by atoms with Crippen molar-refractivity contribution in [2.45, 2.75) is 23.8 Å². The largest absolute Gasteiger partial charge is 0.497 e. The van der Waals surface area contributed by atoms with Crippen molar-refractivity contribution in [3.8, 4) is 5.75 Å². The van der Waals surface area contributed by atoms with Crippen molar-refractivity contribution in [2.75, 3.05) is 38.2 Å². The van der Waals surface area contributed by atoms with E-state index in [9.17, 15) is 8.42 Å². The number of hydrogen-bond acceptors (Lipinski definition) is 6. The Labute approximate surface area is 170 Å². The highest BCUT2D eigenvalue weighted by Crippen LogP contribution is 2.33. The highest BCUT2D eigenvalue weighted by atomic mass is 32.2. The van der Waals surface area contributed by atoms with Crippen LogP contribution < -0.4 is 9.64 Å². The van der Waals surface area contributed by atoms with Crippen LogP contribution in [0.2, 0.25) is 0 Å². The molecule has 0 bridgehead atoms. The molecule has 7 nitrogen and oxygen atoms in total. The number of piperazine rings is 1. The van der Waals surface area contributed by atoms with Gasteiger partial charge in [0.1, 0.15) is 11.3 Å². The smallest absolute Gasteiger partial charge is 0.268 e. The molecule has 5 rings (SSSR count). The molecule has 0 radical (unpaired) electrons. The highest BCUT2D eigenvalue weighted by molar-refractivity contribution is 7.90. The Hall–Kier alpha value is -2.58. The van der Waals surface area contributed by atoms with Crippen LogP contribution in [0.4, 0.5) is 5.69 Å². The summed E-state index contributed by atoms with van der Waals surface area (Å²) in [5, 5.41) is 0. The Balaban J connectivity index is 1.60. The first-order valence-electron chi connectivity index (χ1n) is 9.92. The van der Waals surface area contributed by atoms with Crippen LogP contribution in [0, 0.1) is 0 Å². The molecule has 1 aromatic carbocycles. The zero-order valence-electron chi connectivity index (χ0n) is 16.4. The Bertz CT molecular complexity index is 1160. The number of pyridine rings is 1. The normalized spacial score (nSPS) is 20.2. The van der Waals surface area contributed by atoms with Crippen molar-refractivity contribution in [1.29, 1.82) is 0 Å². The lowest BCUT2D eigenvalue weighted by molar-refractivity contribution is 0.231. The lowest BCUT2D eigenvalue weighted by atomic mass is 10.1. The summed E-state index contributed by atoms with van der Waals surface area (Å²) in [6.45, 7) is 3.97. The zero-order chi connectivity index (χ0) is 20.0. The fourth-order valence-electron chi connectivity index (χ4n) is 4.53. The standard InChI is InChI=1S/C21H24N4O3S/c1-28-17-6-2-7-18(13-17)29(26,27)25-15-20(21-19(25)8-3-9-22-21)24-12-11-23-10-4-5-16(23)14-24/h2-3,6-9,13,15-16H,4-5,10-12,14H2,1H3. The number of rotatable bonds is 4. The van der Waals surface area contributed by atoms with E-state index in [1.807, 2.05) is 6.07 Å². The van der Waals surface area contributed by atoms with E-state index in [0.29, 0.717) is 17.3 Å². The van der Waals surface area contributed by atoms with Gasteiger partial charge in [-0.25, -0.2) is 12.4 Å². The van der Waals surface area contributed by atoms with Crippen LogP contribution in [-0.4, -0.2) is 61.6 Å². The molecule has 0 amide bonds. The molecule has 1 unspecified atom stereocenters. The first-order valence-corrected chi connectivity index (χ1v) is 11.4. The number of ether oxygens (including phenoxy) is 1. The predicted molar refractivity (Wildman–Crippen MR) is 112 cm³/mol. The van der Waals surface area contributed by atoms with Gasteiger partial charge in [0.05, 0.1) is 23.2 Å². The topological polar surface area (TPSA) is 67.7 Å². The van der Waals surface area contributed by atoms with Crippen molar-refractivity contribution < 1.29 is 13.2 Å². The molecular formula is C21H24N4O3S. The minimum absolute atomic E-state index is 0.199. The third kappa shape index (κ3) is 3.07. The number of hydrogen-bond donors (Lipinski definition) is 0. The number of anilines is 1. The van der Waals surface area contributed by atoms with Gasteiger partial charge < -0.3 is 9.64 Å². The molecule has 3 aromatic rings. The van der Waals surface area contributed by atoms with E-state index < -0.39 is 10.0 Å². The van der Waals surface area contributed by atoms with E-state index in [2.05, 4.69) is 14.8 Å². The molecule has 8 heteroatoms. The van der Waals surface area contributed by atoms with Crippen LogP contribution in [0.5, 0.6) is 5.75 Å². The quantitative estimate of drug-likeness (QED) is 0.656. The number of aromatic nitrogens is 2. The fraction of sp³-hybridized carbons (Fsp3) is 0.381. The minimum atomic E-state index is -3.77. The number of nitrogens with zero attached hydrogens (tertiary/aromatic N) is 4. The van der Waals surface area contributed by atoms with Crippen molar-refractivity contribution in [3.63, 3.8) is 0 Å². The second-order valence-corrected chi connectivity index (χ2v) is 9.46. The average Bonchev–Trinajstić information content (AvgIpc) is 3.38. The number of methoxy groups -OCH3 is 1. The van der Waals surface area contributed by atoms with Gasteiger partial charge in [-0.1, -0.05) is 6.07 Å². The van der Waals surface area contributed by atoms with E-state index >= 15 is 0 Å². The summed E-state index contributed by atoms with van der Waals surface area (Å²) in [5.41, 5.74) is 2.21. The van der Waals surface area contributed by atoms with Crippen LogP contribution in [0.3, 0.4) is 0 Å². The third-order valence-electron chi connectivity index (χ3n) is 6.03. The van der Waals surface area contributed by atoms with Crippen molar-refractivity contribution in [1.82, 2.24) is 13.9 Å².